The molecule has 2 saturated carbocycles. The third kappa shape index (κ3) is 3.30. The van der Waals surface area contributed by atoms with Crippen LogP contribution >= 0.6 is 0 Å². The lowest BCUT2D eigenvalue weighted by Gasteiger charge is -2.26. The van der Waals surface area contributed by atoms with Crippen molar-refractivity contribution < 1.29 is 0 Å². The molecule has 0 aromatic heterocycles. The fraction of sp³-hybridized carbons (Fsp3) is 1.00. The van der Waals surface area contributed by atoms with Crippen molar-refractivity contribution in [3.05, 3.63) is 0 Å². The van der Waals surface area contributed by atoms with Crippen LogP contribution in [0.1, 0.15) is 45.4 Å². The summed E-state index contributed by atoms with van der Waals surface area (Å²) >= 11 is 0. The van der Waals surface area contributed by atoms with Gasteiger partial charge in [-0.25, -0.2) is 0 Å². The van der Waals surface area contributed by atoms with Gasteiger partial charge in [-0.2, -0.15) is 0 Å². The van der Waals surface area contributed by atoms with Crippen molar-refractivity contribution in [2.45, 2.75) is 45.4 Å². The largest absolute Gasteiger partial charge is 0.316 e. The summed E-state index contributed by atoms with van der Waals surface area (Å²) in [4.78, 5) is 0. The summed E-state index contributed by atoms with van der Waals surface area (Å²) in [5.41, 5.74) is 0. The van der Waals surface area contributed by atoms with Crippen LogP contribution in [0.2, 0.25) is 0 Å². The van der Waals surface area contributed by atoms with Crippen LogP contribution in [0.15, 0.2) is 0 Å². The Kier molecular flexibility index (Phi) is 3.26. The highest BCUT2D eigenvalue weighted by molar-refractivity contribution is 4.77. The van der Waals surface area contributed by atoms with E-state index in [1.165, 1.54) is 51.6 Å². The van der Waals surface area contributed by atoms with Gasteiger partial charge in [-0.15, -0.1) is 0 Å². The van der Waals surface area contributed by atoms with E-state index in [0.29, 0.717) is 0 Å². The Balaban J connectivity index is 1.56. The molecule has 1 heteroatoms. The molecule has 0 aromatic carbocycles. The molecule has 0 aromatic rings. The lowest BCUT2D eigenvalue weighted by molar-refractivity contribution is 0.274. The lowest BCUT2D eigenvalue weighted by atomic mass is 9.82. The van der Waals surface area contributed by atoms with Crippen LogP contribution in [0.4, 0.5) is 0 Å². The molecule has 2 aliphatic carbocycles. The fourth-order valence-corrected chi connectivity index (χ4v) is 2.56. The molecule has 1 nitrogen and oxygen atoms in total. The molecule has 0 amide bonds. The summed E-state index contributed by atoms with van der Waals surface area (Å²) in [5.74, 6) is 3.02. The normalized spacial score (nSPS) is 34.8. The second-order valence-electron chi connectivity index (χ2n) is 5.24. The van der Waals surface area contributed by atoms with Gasteiger partial charge in [0.05, 0.1) is 0 Å². The maximum absolute atomic E-state index is 3.64. The van der Waals surface area contributed by atoms with E-state index in [9.17, 15) is 0 Å². The minimum absolute atomic E-state index is 0.987. The Morgan fingerprint density at radius 3 is 2.46 bits per heavy atom. The van der Waals surface area contributed by atoms with Crippen molar-refractivity contribution >= 4 is 0 Å². The minimum atomic E-state index is 0.987. The van der Waals surface area contributed by atoms with Gasteiger partial charge in [0, 0.05) is 0 Å². The molecule has 2 unspecified atom stereocenters. The van der Waals surface area contributed by atoms with Crippen LogP contribution in [0.25, 0.3) is 0 Å². The molecule has 0 aliphatic heterocycles. The van der Waals surface area contributed by atoms with Gasteiger partial charge in [-0.3, -0.25) is 0 Å². The predicted molar refractivity (Wildman–Crippen MR) is 56.7 cm³/mol. The highest BCUT2D eigenvalue weighted by atomic mass is 14.9. The highest BCUT2D eigenvalue weighted by Gasteiger charge is 2.22. The second-order valence-corrected chi connectivity index (χ2v) is 5.24. The van der Waals surface area contributed by atoms with Gasteiger partial charge in [0.25, 0.3) is 0 Å². The highest BCUT2D eigenvalue weighted by Crippen LogP contribution is 2.29. The summed E-state index contributed by atoms with van der Waals surface area (Å²) < 4.78 is 0. The quantitative estimate of drug-likeness (QED) is 0.703. The van der Waals surface area contributed by atoms with Gasteiger partial charge < -0.3 is 5.32 Å². The first-order chi connectivity index (χ1) is 6.34. The fourth-order valence-electron chi connectivity index (χ4n) is 2.56. The van der Waals surface area contributed by atoms with Crippen LogP contribution in [0, 0.1) is 17.8 Å². The summed E-state index contributed by atoms with van der Waals surface area (Å²) in [5, 5.41) is 3.64. The van der Waals surface area contributed by atoms with Gasteiger partial charge in [-0.1, -0.05) is 19.8 Å². The number of rotatable bonds is 4. The Labute approximate surface area is 82.3 Å². The standard InChI is InChI=1S/C12H23N/c1-10-3-2-4-12(7-10)9-13-8-11-5-6-11/h10-13H,2-9H2,1H3. The Morgan fingerprint density at radius 1 is 1.00 bits per heavy atom. The first kappa shape index (κ1) is 9.51. The smallest absolute Gasteiger partial charge is 0.00203 e. The van der Waals surface area contributed by atoms with Crippen LogP contribution in [0.3, 0.4) is 0 Å². The second kappa shape index (κ2) is 4.45. The maximum Gasteiger partial charge on any atom is -0.00203 e. The first-order valence-electron chi connectivity index (χ1n) is 6.05. The van der Waals surface area contributed by atoms with Crippen molar-refractivity contribution in [2.24, 2.45) is 17.8 Å². The molecule has 0 saturated heterocycles. The van der Waals surface area contributed by atoms with E-state index in [1.807, 2.05) is 0 Å². The zero-order valence-electron chi connectivity index (χ0n) is 8.89. The van der Waals surface area contributed by atoms with Crippen molar-refractivity contribution in [3.63, 3.8) is 0 Å². The van der Waals surface area contributed by atoms with E-state index in [4.69, 9.17) is 0 Å². The Bertz CT molecular complexity index is 151. The molecule has 1 N–H and O–H groups in total. The average Bonchev–Trinajstić information content (AvgIpc) is 2.88. The maximum atomic E-state index is 3.64. The first-order valence-corrected chi connectivity index (χ1v) is 6.05. The lowest BCUT2D eigenvalue weighted by Crippen LogP contribution is -2.28. The van der Waals surface area contributed by atoms with Gasteiger partial charge in [0.1, 0.15) is 0 Å². The molecule has 0 heterocycles. The average molecular weight is 181 g/mol. The molecule has 0 radical (unpaired) electrons. The molecule has 2 atom stereocenters. The van der Waals surface area contributed by atoms with E-state index in [0.717, 1.165) is 17.8 Å². The van der Waals surface area contributed by atoms with E-state index < -0.39 is 0 Å². The molecule has 13 heavy (non-hydrogen) atoms. The topological polar surface area (TPSA) is 12.0 Å². The zero-order valence-corrected chi connectivity index (χ0v) is 8.89. The van der Waals surface area contributed by atoms with Crippen LogP contribution in [0.5, 0.6) is 0 Å². The van der Waals surface area contributed by atoms with E-state index >= 15 is 0 Å². The summed E-state index contributed by atoms with van der Waals surface area (Å²) in [6.07, 6.45) is 8.85. The van der Waals surface area contributed by atoms with E-state index in [1.54, 1.807) is 0 Å². The molecular weight excluding hydrogens is 158 g/mol. The van der Waals surface area contributed by atoms with E-state index in [2.05, 4.69) is 12.2 Å². The number of hydrogen-bond donors (Lipinski definition) is 1. The SMILES string of the molecule is CC1CCCC(CNCC2CC2)C1. The van der Waals surface area contributed by atoms with Gasteiger partial charge in [-0.05, 0) is 56.5 Å². The van der Waals surface area contributed by atoms with Crippen LogP contribution in [-0.4, -0.2) is 13.1 Å². The van der Waals surface area contributed by atoms with E-state index in [-0.39, 0.29) is 0 Å². The van der Waals surface area contributed by atoms with Crippen molar-refractivity contribution in [2.75, 3.05) is 13.1 Å². The van der Waals surface area contributed by atoms with Crippen molar-refractivity contribution in [1.29, 1.82) is 0 Å². The van der Waals surface area contributed by atoms with Crippen LogP contribution in [-0.2, 0) is 0 Å². The van der Waals surface area contributed by atoms with Gasteiger partial charge in [0.2, 0.25) is 0 Å². The van der Waals surface area contributed by atoms with Crippen molar-refractivity contribution in [3.8, 4) is 0 Å². The summed E-state index contributed by atoms with van der Waals surface area (Å²) in [7, 11) is 0. The molecule has 2 fully saturated rings. The molecule has 76 valence electrons. The summed E-state index contributed by atoms with van der Waals surface area (Å²) in [6.45, 7) is 5.00. The summed E-state index contributed by atoms with van der Waals surface area (Å²) in [6, 6.07) is 0. The van der Waals surface area contributed by atoms with Crippen LogP contribution < -0.4 is 5.32 Å². The van der Waals surface area contributed by atoms with Gasteiger partial charge in [0.15, 0.2) is 0 Å². The third-order valence-electron chi connectivity index (χ3n) is 3.61. The number of nitrogens with one attached hydrogen (secondary N) is 1. The minimum Gasteiger partial charge on any atom is -0.316 e. The molecule has 2 aliphatic rings. The van der Waals surface area contributed by atoms with Crippen molar-refractivity contribution in [1.82, 2.24) is 5.32 Å². The Morgan fingerprint density at radius 2 is 1.77 bits per heavy atom. The predicted octanol–water partition coefficient (Wildman–Crippen LogP) is 2.81. The van der Waals surface area contributed by atoms with Gasteiger partial charge >= 0.3 is 0 Å². The zero-order chi connectivity index (χ0) is 9.10. The Hall–Kier alpha value is -0.0400. The third-order valence-corrected chi connectivity index (χ3v) is 3.61. The molecule has 0 bridgehead atoms. The number of hydrogen-bond acceptors (Lipinski definition) is 1. The molecule has 0 spiro atoms. The monoisotopic (exact) mass is 181 g/mol. The molecule has 2 rings (SSSR count). The molecular formula is C12H23N.